The summed E-state index contributed by atoms with van der Waals surface area (Å²) in [6.07, 6.45) is -0.117. The van der Waals surface area contributed by atoms with Crippen LogP contribution in [0, 0.1) is 5.92 Å². The number of rotatable bonds is 6. The molecular formula is C22H28BrNO3. The SMILES string of the molecule is Br.CC(C)COC(=O)[C@@H]1C[C@H](O)CN1C(c1ccccc1)c1ccccc1. The molecular weight excluding hydrogens is 406 g/mol. The molecule has 5 heteroatoms. The normalized spacial score (nSPS) is 19.9. The predicted molar refractivity (Wildman–Crippen MR) is 112 cm³/mol. The number of likely N-dealkylation sites (tertiary alicyclic amines) is 1. The molecule has 1 fully saturated rings. The zero-order valence-corrected chi connectivity index (χ0v) is 17.5. The summed E-state index contributed by atoms with van der Waals surface area (Å²) in [6, 6.07) is 19.7. The molecule has 0 saturated carbocycles. The molecule has 0 aromatic heterocycles. The number of aliphatic hydroxyl groups is 1. The first-order chi connectivity index (χ1) is 12.6. The van der Waals surface area contributed by atoms with Crippen LogP contribution < -0.4 is 0 Å². The van der Waals surface area contributed by atoms with Crippen LogP contribution in [0.1, 0.15) is 37.4 Å². The molecule has 0 unspecified atom stereocenters. The van der Waals surface area contributed by atoms with Crippen LogP contribution in [-0.4, -0.2) is 41.3 Å². The van der Waals surface area contributed by atoms with Crippen molar-refractivity contribution in [2.75, 3.05) is 13.2 Å². The average molecular weight is 434 g/mol. The van der Waals surface area contributed by atoms with Crippen molar-refractivity contribution in [1.29, 1.82) is 0 Å². The zero-order valence-electron chi connectivity index (χ0n) is 15.8. The third kappa shape index (κ3) is 5.41. The molecule has 1 N–H and O–H groups in total. The molecule has 0 aliphatic carbocycles. The molecule has 0 amide bonds. The van der Waals surface area contributed by atoms with E-state index in [4.69, 9.17) is 4.74 Å². The molecule has 0 bridgehead atoms. The Morgan fingerprint density at radius 3 is 2.07 bits per heavy atom. The Balaban J connectivity index is 0.00000261. The maximum absolute atomic E-state index is 12.7. The number of halogens is 1. The lowest BCUT2D eigenvalue weighted by Gasteiger charge is -2.32. The van der Waals surface area contributed by atoms with Gasteiger partial charge in [0.1, 0.15) is 6.04 Å². The summed E-state index contributed by atoms with van der Waals surface area (Å²) >= 11 is 0. The van der Waals surface area contributed by atoms with Gasteiger partial charge in [0.25, 0.3) is 0 Å². The van der Waals surface area contributed by atoms with Crippen LogP contribution in [0.2, 0.25) is 0 Å². The summed E-state index contributed by atoms with van der Waals surface area (Å²) in [5.41, 5.74) is 2.21. The highest BCUT2D eigenvalue weighted by Crippen LogP contribution is 2.35. The van der Waals surface area contributed by atoms with Gasteiger partial charge in [0, 0.05) is 13.0 Å². The van der Waals surface area contributed by atoms with Gasteiger partial charge in [0.15, 0.2) is 0 Å². The third-order valence-corrected chi connectivity index (χ3v) is 4.71. The molecule has 1 heterocycles. The molecule has 3 rings (SSSR count). The molecule has 1 aliphatic heterocycles. The van der Waals surface area contributed by atoms with E-state index in [0.29, 0.717) is 19.6 Å². The fourth-order valence-corrected chi connectivity index (χ4v) is 3.55. The number of esters is 1. The van der Waals surface area contributed by atoms with Crippen molar-refractivity contribution in [1.82, 2.24) is 4.90 Å². The minimum Gasteiger partial charge on any atom is -0.464 e. The maximum atomic E-state index is 12.7. The number of hydrogen-bond donors (Lipinski definition) is 1. The van der Waals surface area contributed by atoms with Crippen LogP contribution in [0.5, 0.6) is 0 Å². The lowest BCUT2D eigenvalue weighted by Crippen LogP contribution is -2.40. The fourth-order valence-electron chi connectivity index (χ4n) is 3.55. The van der Waals surface area contributed by atoms with Gasteiger partial charge in [-0.3, -0.25) is 9.69 Å². The monoisotopic (exact) mass is 433 g/mol. The molecule has 27 heavy (non-hydrogen) atoms. The Hall–Kier alpha value is -1.69. The first kappa shape index (κ1) is 21.6. The Morgan fingerprint density at radius 1 is 1.07 bits per heavy atom. The second-order valence-corrected chi connectivity index (χ2v) is 7.35. The fraction of sp³-hybridized carbons (Fsp3) is 0.409. The summed E-state index contributed by atoms with van der Waals surface area (Å²) in [4.78, 5) is 14.8. The molecule has 2 atom stereocenters. The number of carbonyl (C=O) groups excluding carboxylic acids is 1. The third-order valence-electron chi connectivity index (χ3n) is 4.71. The Kier molecular flexibility index (Phi) is 8.02. The van der Waals surface area contributed by atoms with E-state index < -0.39 is 12.1 Å². The van der Waals surface area contributed by atoms with Crippen LogP contribution in [0.25, 0.3) is 0 Å². The van der Waals surface area contributed by atoms with Crippen LogP contribution in [0.4, 0.5) is 0 Å². The minimum absolute atomic E-state index is 0. The molecule has 2 aromatic rings. The zero-order chi connectivity index (χ0) is 18.5. The standard InChI is InChI=1S/C22H27NO3.BrH/c1-16(2)15-26-22(25)20-13-19(24)14-23(20)21(17-9-5-3-6-10-17)18-11-7-4-8-12-18;/h3-12,16,19-21,24H,13-15H2,1-2H3;1H/t19-,20-;/m0./s1. The topological polar surface area (TPSA) is 49.8 Å². The van der Waals surface area contributed by atoms with Gasteiger partial charge >= 0.3 is 5.97 Å². The highest BCUT2D eigenvalue weighted by molar-refractivity contribution is 8.93. The van der Waals surface area contributed by atoms with Crippen LogP contribution >= 0.6 is 17.0 Å². The lowest BCUT2D eigenvalue weighted by atomic mass is 9.96. The van der Waals surface area contributed by atoms with E-state index in [1.807, 2.05) is 50.2 Å². The molecule has 146 valence electrons. The van der Waals surface area contributed by atoms with E-state index in [9.17, 15) is 9.90 Å². The lowest BCUT2D eigenvalue weighted by molar-refractivity contribution is -0.150. The number of benzene rings is 2. The predicted octanol–water partition coefficient (Wildman–Crippen LogP) is 3.99. The summed E-state index contributed by atoms with van der Waals surface area (Å²) in [5, 5.41) is 10.3. The van der Waals surface area contributed by atoms with E-state index in [-0.39, 0.29) is 34.9 Å². The van der Waals surface area contributed by atoms with Gasteiger partial charge in [-0.25, -0.2) is 0 Å². The molecule has 0 radical (unpaired) electrons. The first-order valence-electron chi connectivity index (χ1n) is 9.26. The number of carbonyl (C=O) groups is 1. The highest BCUT2D eigenvalue weighted by Gasteiger charge is 2.41. The molecule has 1 aliphatic rings. The number of nitrogens with zero attached hydrogens (tertiary/aromatic N) is 1. The quantitative estimate of drug-likeness (QED) is 0.699. The number of hydrogen-bond acceptors (Lipinski definition) is 4. The van der Waals surface area contributed by atoms with Crippen molar-refractivity contribution < 1.29 is 14.6 Å². The summed E-state index contributed by atoms with van der Waals surface area (Å²) in [5.74, 6) is 0.0462. The second kappa shape index (κ2) is 10.0. The molecule has 0 spiro atoms. The van der Waals surface area contributed by atoms with Gasteiger partial charge in [-0.05, 0) is 17.0 Å². The van der Waals surface area contributed by atoms with E-state index in [1.165, 1.54) is 0 Å². The van der Waals surface area contributed by atoms with Crippen molar-refractivity contribution in [3.63, 3.8) is 0 Å². The maximum Gasteiger partial charge on any atom is 0.323 e. The summed E-state index contributed by atoms with van der Waals surface area (Å²) in [6.45, 7) is 4.90. The Labute approximate surface area is 171 Å². The van der Waals surface area contributed by atoms with Crippen molar-refractivity contribution >= 4 is 23.0 Å². The van der Waals surface area contributed by atoms with Gasteiger partial charge in [-0.1, -0.05) is 74.5 Å². The summed E-state index contributed by atoms with van der Waals surface area (Å²) < 4.78 is 5.50. The molecule has 4 nitrogen and oxygen atoms in total. The Morgan fingerprint density at radius 2 is 1.59 bits per heavy atom. The van der Waals surface area contributed by atoms with E-state index in [1.54, 1.807) is 0 Å². The summed E-state index contributed by atoms with van der Waals surface area (Å²) in [7, 11) is 0. The van der Waals surface area contributed by atoms with E-state index >= 15 is 0 Å². The smallest absolute Gasteiger partial charge is 0.323 e. The van der Waals surface area contributed by atoms with Gasteiger partial charge in [0.05, 0.1) is 18.8 Å². The molecule has 1 saturated heterocycles. The number of β-amino-alcohol motifs (C(OH)–C–C–N with tert-alkyl or cyclic N) is 1. The van der Waals surface area contributed by atoms with Gasteiger partial charge < -0.3 is 9.84 Å². The molecule has 2 aromatic carbocycles. The van der Waals surface area contributed by atoms with E-state index in [2.05, 4.69) is 29.2 Å². The first-order valence-corrected chi connectivity index (χ1v) is 9.26. The van der Waals surface area contributed by atoms with Crippen LogP contribution in [0.15, 0.2) is 60.7 Å². The minimum atomic E-state index is -0.526. The van der Waals surface area contributed by atoms with Crippen LogP contribution in [-0.2, 0) is 9.53 Å². The van der Waals surface area contributed by atoms with Crippen molar-refractivity contribution in [2.45, 2.75) is 38.5 Å². The Bertz CT molecular complexity index is 669. The second-order valence-electron chi connectivity index (χ2n) is 7.35. The number of ether oxygens (including phenoxy) is 1. The largest absolute Gasteiger partial charge is 0.464 e. The van der Waals surface area contributed by atoms with Crippen molar-refractivity contribution in [3.05, 3.63) is 71.8 Å². The average Bonchev–Trinajstić information content (AvgIpc) is 3.03. The van der Waals surface area contributed by atoms with Crippen molar-refractivity contribution in [3.8, 4) is 0 Å². The number of aliphatic hydroxyl groups excluding tert-OH is 1. The highest BCUT2D eigenvalue weighted by atomic mass is 79.9. The van der Waals surface area contributed by atoms with Crippen molar-refractivity contribution in [2.24, 2.45) is 5.92 Å². The van der Waals surface area contributed by atoms with Crippen LogP contribution in [0.3, 0.4) is 0 Å². The van der Waals surface area contributed by atoms with E-state index in [0.717, 1.165) is 11.1 Å². The van der Waals surface area contributed by atoms with Gasteiger partial charge in [-0.2, -0.15) is 0 Å². The van der Waals surface area contributed by atoms with Gasteiger partial charge in [0.2, 0.25) is 0 Å². The van der Waals surface area contributed by atoms with Gasteiger partial charge in [-0.15, -0.1) is 17.0 Å².